The summed E-state index contributed by atoms with van der Waals surface area (Å²) in [4.78, 5) is 9.26. The topological polar surface area (TPSA) is 37.8 Å². The Balaban J connectivity index is 2.10. The zero-order valence-electron chi connectivity index (χ0n) is 11.2. The van der Waals surface area contributed by atoms with Gasteiger partial charge in [0.1, 0.15) is 5.82 Å². The van der Waals surface area contributed by atoms with Crippen LogP contribution in [0.4, 0.5) is 5.82 Å². The van der Waals surface area contributed by atoms with Gasteiger partial charge in [0.2, 0.25) is 0 Å². The smallest absolute Gasteiger partial charge is 0.162 e. The first-order valence-electron chi connectivity index (χ1n) is 6.58. The predicted molar refractivity (Wildman–Crippen MR) is 84.9 cm³/mol. The molecule has 0 aliphatic heterocycles. The highest BCUT2D eigenvalue weighted by atomic mass is 32.1. The lowest BCUT2D eigenvalue weighted by Gasteiger charge is -2.08. The van der Waals surface area contributed by atoms with Gasteiger partial charge in [-0.2, -0.15) is 11.3 Å². The fourth-order valence-corrected chi connectivity index (χ4v) is 2.63. The second-order valence-corrected chi connectivity index (χ2v) is 5.15. The molecule has 20 heavy (non-hydrogen) atoms. The minimum atomic E-state index is 0.767. The summed E-state index contributed by atoms with van der Waals surface area (Å²) in [5.41, 5.74) is 3.11. The van der Waals surface area contributed by atoms with Gasteiger partial charge in [0.25, 0.3) is 0 Å². The molecule has 0 atom stereocenters. The third kappa shape index (κ3) is 2.70. The lowest BCUT2D eigenvalue weighted by molar-refractivity contribution is 1.12. The Kier molecular flexibility index (Phi) is 3.74. The first-order chi connectivity index (χ1) is 9.86. The molecule has 0 amide bonds. The van der Waals surface area contributed by atoms with E-state index in [9.17, 15) is 0 Å². The fourth-order valence-electron chi connectivity index (χ4n) is 2.00. The van der Waals surface area contributed by atoms with E-state index in [1.165, 1.54) is 0 Å². The van der Waals surface area contributed by atoms with E-state index in [-0.39, 0.29) is 0 Å². The van der Waals surface area contributed by atoms with Crippen molar-refractivity contribution in [3.63, 3.8) is 0 Å². The van der Waals surface area contributed by atoms with Gasteiger partial charge in [0.15, 0.2) is 5.82 Å². The van der Waals surface area contributed by atoms with Gasteiger partial charge in [-0.3, -0.25) is 0 Å². The van der Waals surface area contributed by atoms with E-state index in [1.54, 1.807) is 11.3 Å². The van der Waals surface area contributed by atoms with Crippen molar-refractivity contribution in [3.8, 4) is 22.6 Å². The monoisotopic (exact) mass is 281 g/mol. The molecule has 0 spiro atoms. The summed E-state index contributed by atoms with van der Waals surface area (Å²) in [5, 5.41) is 7.38. The Labute approximate surface area is 122 Å². The maximum Gasteiger partial charge on any atom is 0.162 e. The third-order valence-corrected chi connectivity index (χ3v) is 3.62. The molecule has 3 aromatic rings. The van der Waals surface area contributed by atoms with Crippen LogP contribution in [0.2, 0.25) is 0 Å². The van der Waals surface area contributed by atoms with Crippen molar-refractivity contribution < 1.29 is 0 Å². The van der Waals surface area contributed by atoms with Crippen molar-refractivity contribution in [2.75, 3.05) is 11.9 Å². The highest BCUT2D eigenvalue weighted by Gasteiger charge is 2.08. The zero-order chi connectivity index (χ0) is 13.8. The lowest BCUT2D eigenvalue weighted by Crippen LogP contribution is -2.02. The van der Waals surface area contributed by atoms with Crippen LogP contribution in [0.25, 0.3) is 22.6 Å². The van der Waals surface area contributed by atoms with Crippen LogP contribution in [0.1, 0.15) is 6.92 Å². The van der Waals surface area contributed by atoms with Gasteiger partial charge >= 0.3 is 0 Å². The minimum Gasteiger partial charge on any atom is -0.370 e. The number of hydrogen-bond donors (Lipinski definition) is 1. The third-order valence-electron chi connectivity index (χ3n) is 2.93. The van der Waals surface area contributed by atoms with Gasteiger partial charge < -0.3 is 5.32 Å². The molecular formula is C16H15N3S. The van der Waals surface area contributed by atoms with E-state index in [2.05, 4.69) is 39.7 Å². The summed E-state index contributed by atoms with van der Waals surface area (Å²) in [5.74, 6) is 1.63. The van der Waals surface area contributed by atoms with Crippen LogP contribution in [0, 0.1) is 0 Å². The summed E-state index contributed by atoms with van der Waals surface area (Å²) in [6.45, 7) is 2.91. The number of benzene rings is 1. The van der Waals surface area contributed by atoms with Crippen molar-refractivity contribution in [1.29, 1.82) is 0 Å². The van der Waals surface area contributed by atoms with Gasteiger partial charge in [-0.15, -0.1) is 0 Å². The number of nitrogens with zero attached hydrogens (tertiary/aromatic N) is 2. The summed E-state index contributed by atoms with van der Waals surface area (Å²) >= 11 is 1.65. The molecule has 2 heterocycles. The molecule has 0 aliphatic carbocycles. The number of nitrogens with one attached hydrogen (secondary N) is 1. The van der Waals surface area contributed by atoms with Crippen LogP contribution < -0.4 is 5.32 Å². The molecule has 0 radical (unpaired) electrons. The molecule has 3 rings (SSSR count). The molecule has 4 heteroatoms. The zero-order valence-corrected chi connectivity index (χ0v) is 12.0. The first-order valence-corrected chi connectivity index (χ1v) is 7.52. The average Bonchev–Trinajstić information content (AvgIpc) is 3.02. The molecule has 0 bridgehead atoms. The van der Waals surface area contributed by atoms with E-state index in [0.717, 1.165) is 35.0 Å². The molecular weight excluding hydrogens is 266 g/mol. The summed E-state index contributed by atoms with van der Waals surface area (Å²) in [7, 11) is 0. The molecule has 0 aliphatic rings. The Hall–Kier alpha value is -2.20. The summed E-state index contributed by atoms with van der Waals surface area (Å²) in [6, 6.07) is 14.2. The normalized spacial score (nSPS) is 10.4. The molecule has 2 aromatic heterocycles. The number of rotatable bonds is 4. The molecule has 0 saturated carbocycles. The van der Waals surface area contributed by atoms with Gasteiger partial charge in [0.05, 0.1) is 5.69 Å². The van der Waals surface area contributed by atoms with Gasteiger partial charge in [-0.1, -0.05) is 30.3 Å². The van der Waals surface area contributed by atoms with E-state index in [4.69, 9.17) is 0 Å². The maximum absolute atomic E-state index is 4.68. The Morgan fingerprint density at radius 2 is 1.90 bits per heavy atom. The van der Waals surface area contributed by atoms with Crippen LogP contribution in [0.15, 0.2) is 53.2 Å². The first kappa shape index (κ1) is 12.8. The molecule has 0 unspecified atom stereocenters. The lowest BCUT2D eigenvalue weighted by atomic mass is 10.1. The SMILES string of the molecule is CCNc1cc(-c2ccccc2)nc(-c2ccsc2)n1. The van der Waals surface area contributed by atoms with Crippen molar-refractivity contribution in [2.45, 2.75) is 6.92 Å². The van der Waals surface area contributed by atoms with Gasteiger partial charge in [-0.05, 0) is 18.4 Å². The largest absolute Gasteiger partial charge is 0.370 e. The predicted octanol–water partition coefficient (Wildman–Crippen LogP) is 4.30. The highest BCUT2D eigenvalue weighted by molar-refractivity contribution is 7.08. The standard InChI is InChI=1S/C16H15N3S/c1-2-17-15-10-14(12-6-4-3-5-7-12)18-16(19-15)13-8-9-20-11-13/h3-11H,2H2,1H3,(H,17,18,19). The van der Waals surface area contributed by atoms with Crippen molar-refractivity contribution in [1.82, 2.24) is 9.97 Å². The van der Waals surface area contributed by atoms with Crippen LogP contribution in [-0.2, 0) is 0 Å². The van der Waals surface area contributed by atoms with E-state index < -0.39 is 0 Å². The molecule has 1 N–H and O–H groups in total. The van der Waals surface area contributed by atoms with Crippen molar-refractivity contribution >= 4 is 17.2 Å². The number of aromatic nitrogens is 2. The molecule has 0 saturated heterocycles. The number of anilines is 1. The summed E-state index contributed by atoms with van der Waals surface area (Å²) < 4.78 is 0. The molecule has 1 aromatic carbocycles. The summed E-state index contributed by atoms with van der Waals surface area (Å²) in [6.07, 6.45) is 0. The molecule has 0 fully saturated rings. The van der Waals surface area contributed by atoms with Crippen LogP contribution in [0.3, 0.4) is 0 Å². The second kappa shape index (κ2) is 5.84. The van der Waals surface area contributed by atoms with E-state index >= 15 is 0 Å². The Bertz CT molecular complexity index is 678. The van der Waals surface area contributed by atoms with Crippen LogP contribution in [-0.4, -0.2) is 16.5 Å². The minimum absolute atomic E-state index is 0.767. The molecule has 3 nitrogen and oxygen atoms in total. The Morgan fingerprint density at radius 3 is 2.60 bits per heavy atom. The van der Waals surface area contributed by atoms with Gasteiger partial charge in [0, 0.05) is 29.1 Å². The Morgan fingerprint density at radius 1 is 1.05 bits per heavy atom. The second-order valence-electron chi connectivity index (χ2n) is 4.37. The molecule has 100 valence electrons. The van der Waals surface area contributed by atoms with E-state index in [1.807, 2.05) is 35.7 Å². The average molecular weight is 281 g/mol. The number of thiophene rings is 1. The van der Waals surface area contributed by atoms with Gasteiger partial charge in [-0.25, -0.2) is 9.97 Å². The van der Waals surface area contributed by atoms with E-state index in [0.29, 0.717) is 0 Å². The van der Waals surface area contributed by atoms with Crippen molar-refractivity contribution in [3.05, 3.63) is 53.2 Å². The maximum atomic E-state index is 4.68. The van der Waals surface area contributed by atoms with Crippen LogP contribution in [0.5, 0.6) is 0 Å². The van der Waals surface area contributed by atoms with Crippen molar-refractivity contribution in [2.24, 2.45) is 0 Å². The van der Waals surface area contributed by atoms with Crippen LogP contribution >= 0.6 is 11.3 Å². The number of hydrogen-bond acceptors (Lipinski definition) is 4. The quantitative estimate of drug-likeness (QED) is 0.774. The highest BCUT2D eigenvalue weighted by Crippen LogP contribution is 2.25. The fraction of sp³-hybridized carbons (Fsp3) is 0.125.